The number of hydrogen-bond acceptors (Lipinski definition) is 6. The molecule has 10 nitrogen and oxygen atoms in total. The molecule has 39 heavy (non-hydrogen) atoms. The van der Waals surface area contributed by atoms with Crippen LogP contribution in [0.1, 0.15) is 22.9 Å². The second-order valence-electron chi connectivity index (χ2n) is 8.72. The number of sulfonamides is 1. The van der Waals surface area contributed by atoms with Crippen molar-refractivity contribution in [2.24, 2.45) is 0 Å². The van der Waals surface area contributed by atoms with Gasteiger partial charge >= 0.3 is 0 Å². The largest absolute Gasteiger partial charge is 0.489 e. The molecule has 4 aromatic rings. The van der Waals surface area contributed by atoms with Crippen molar-refractivity contribution in [3.8, 4) is 11.4 Å². The van der Waals surface area contributed by atoms with Crippen LogP contribution in [-0.2, 0) is 27.8 Å². The first kappa shape index (κ1) is 26.3. The number of H-pyrrole nitrogens is 1. The number of carbonyl (C=O) groups excluding carboxylic acids is 1. The van der Waals surface area contributed by atoms with E-state index in [-0.39, 0.29) is 41.3 Å². The Labute approximate surface area is 221 Å². The van der Waals surface area contributed by atoms with E-state index in [9.17, 15) is 32.0 Å². The Balaban J connectivity index is 1.43. The quantitative estimate of drug-likeness (QED) is 0.237. The van der Waals surface area contributed by atoms with Crippen LogP contribution in [0.3, 0.4) is 0 Å². The minimum atomic E-state index is -4.33. The Morgan fingerprint density at radius 3 is 2.46 bits per heavy atom. The van der Waals surface area contributed by atoms with Gasteiger partial charge < -0.3 is 4.74 Å². The van der Waals surface area contributed by atoms with E-state index < -0.39 is 39.2 Å². The molecular formula is C26H22F2N4O6S. The molecule has 1 unspecified atom stereocenters. The summed E-state index contributed by atoms with van der Waals surface area (Å²) in [6.07, 6.45) is 0.114. The van der Waals surface area contributed by atoms with Gasteiger partial charge in [0.25, 0.3) is 11.5 Å². The van der Waals surface area contributed by atoms with Crippen LogP contribution in [0.25, 0.3) is 5.69 Å². The molecule has 202 valence electrons. The average Bonchev–Trinajstić information content (AvgIpc) is 3.28. The summed E-state index contributed by atoms with van der Waals surface area (Å²) in [4.78, 5) is 25.9. The van der Waals surface area contributed by atoms with Gasteiger partial charge in [0.1, 0.15) is 30.0 Å². The number of nitrogens with one attached hydrogen (secondary N) is 2. The van der Waals surface area contributed by atoms with Crippen LogP contribution in [0.2, 0.25) is 0 Å². The lowest BCUT2D eigenvalue weighted by molar-refractivity contribution is -0.133. The van der Waals surface area contributed by atoms with E-state index in [1.54, 1.807) is 30.3 Å². The third-order valence-corrected chi connectivity index (χ3v) is 8.24. The van der Waals surface area contributed by atoms with Crippen molar-refractivity contribution < 1.29 is 31.9 Å². The van der Waals surface area contributed by atoms with Crippen LogP contribution < -0.4 is 15.8 Å². The smallest absolute Gasteiger partial charge is 0.276 e. The van der Waals surface area contributed by atoms with Crippen LogP contribution in [-0.4, -0.2) is 40.2 Å². The first-order valence-corrected chi connectivity index (χ1v) is 13.2. The summed E-state index contributed by atoms with van der Waals surface area (Å²) in [5.41, 5.74) is 1.73. The second kappa shape index (κ2) is 10.4. The Hall–Kier alpha value is -4.33. The van der Waals surface area contributed by atoms with E-state index in [4.69, 9.17) is 4.74 Å². The normalized spacial score (nSPS) is 15.5. The molecule has 1 aromatic heterocycles. The Bertz CT molecular complexity index is 1690. The van der Waals surface area contributed by atoms with Crippen LogP contribution in [0.4, 0.5) is 8.78 Å². The molecule has 0 bridgehead atoms. The SMILES string of the molecule is O=C(NO)C1c2c([nH]n(-c3ccccc3)c2=O)CCN1S(=O)(=O)c1ccc(OCc2ccc(F)cc2F)cc1. The molecule has 0 saturated carbocycles. The van der Waals surface area contributed by atoms with E-state index in [1.165, 1.54) is 40.5 Å². The molecule has 3 N–H and O–H groups in total. The zero-order valence-electron chi connectivity index (χ0n) is 20.2. The fourth-order valence-electron chi connectivity index (χ4n) is 4.45. The van der Waals surface area contributed by atoms with E-state index in [0.717, 1.165) is 16.4 Å². The van der Waals surface area contributed by atoms with Gasteiger partial charge in [0.2, 0.25) is 10.0 Å². The van der Waals surface area contributed by atoms with Crippen molar-refractivity contribution in [3.05, 3.63) is 112 Å². The van der Waals surface area contributed by atoms with Gasteiger partial charge in [-0.3, -0.25) is 19.9 Å². The van der Waals surface area contributed by atoms with Crippen LogP contribution in [0.15, 0.2) is 82.5 Å². The number of para-hydroxylation sites is 1. The summed E-state index contributed by atoms with van der Waals surface area (Å²) in [6, 6.07) is 15.2. The van der Waals surface area contributed by atoms with Gasteiger partial charge in [-0.05, 0) is 48.5 Å². The molecular weight excluding hydrogens is 534 g/mol. The van der Waals surface area contributed by atoms with E-state index in [0.29, 0.717) is 11.4 Å². The second-order valence-corrected chi connectivity index (χ2v) is 10.6. The number of halogens is 2. The summed E-state index contributed by atoms with van der Waals surface area (Å²) in [7, 11) is -4.33. The maximum atomic E-state index is 13.9. The zero-order chi connectivity index (χ0) is 27.7. The minimum absolute atomic E-state index is 0.0958. The maximum absolute atomic E-state index is 13.9. The number of carbonyl (C=O) groups is 1. The fourth-order valence-corrected chi connectivity index (χ4v) is 6.01. The topological polar surface area (TPSA) is 134 Å². The third kappa shape index (κ3) is 4.94. The van der Waals surface area contributed by atoms with Gasteiger partial charge in [-0.2, -0.15) is 4.31 Å². The molecule has 5 rings (SSSR count). The number of rotatable bonds is 7. The van der Waals surface area contributed by atoms with E-state index in [2.05, 4.69) is 5.10 Å². The zero-order valence-corrected chi connectivity index (χ0v) is 21.0. The molecule has 1 aliphatic heterocycles. The van der Waals surface area contributed by atoms with Crippen LogP contribution in [0, 0.1) is 11.6 Å². The van der Waals surface area contributed by atoms with Crippen molar-refractivity contribution in [3.63, 3.8) is 0 Å². The number of benzene rings is 3. The molecule has 1 atom stereocenters. The molecule has 1 aliphatic rings. The molecule has 0 radical (unpaired) electrons. The highest BCUT2D eigenvalue weighted by molar-refractivity contribution is 7.89. The molecule has 0 fully saturated rings. The highest BCUT2D eigenvalue weighted by atomic mass is 32.2. The highest BCUT2D eigenvalue weighted by Crippen LogP contribution is 2.33. The van der Waals surface area contributed by atoms with Crippen molar-refractivity contribution in [2.75, 3.05) is 6.54 Å². The molecule has 13 heteroatoms. The van der Waals surface area contributed by atoms with Crippen molar-refractivity contribution in [1.29, 1.82) is 0 Å². The Morgan fingerprint density at radius 2 is 1.79 bits per heavy atom. The van der Waals surface area contributed by atoms with Gasteiger partial charge in [0.15, 0.2) is 0 Å². The van der Waals surface area contributed by atoms with Crippen molar-refractivity contribution in [1.82, 2.24) is 19.6 Å². The van der Waals surface area contributed by atoms with E-state index in [1.807, 2.05) is 0 Å². The molecule has 2 heterocycles. The number of nitrogens with zero attached hydrogens (tertiary/aromatic N) is 2. The van der Waals surface area contributed by atoms with Gasteiger partial charge in [-0.1, -0.05) is 18.2 Å². The van der Waals surface area contributed by atoms with E-state index >= 15 is 0 Å². The fraction of sp³-hybridized carbons (Fsp3) is 0.154. The number of aromatic amines is 1. The first-order valence-electron chi connectivity index (χ1n) is 11.7. The Morgan fingerprint density at radius 1 is 1.08 bits per heavy atom. The molecule has 3 aromatic carbocycles. The van der Waals surface area contributed by atoms with Gasteiger partial charge in [-0.15, -0.1) is 0 Å². The summed E-state index contributed by atoms with van der Waals surface area (Å²) in [5.74, 6) is -2.36. The molecule has 0 saturated heterocycles. The van der Waals surface area contributed by atoms with Gasteiger partial charge in [0, 0.05) is 30.3 Å². The minimum Gasteiger partial charge on any atom is -0.489 e. The number of amides is 1. The monoisotopic (exact) mass is 556 g/mol. The lowest BCUT2D eigenvalue weighted by atomic mass is 10.0. The molecule has 1 amide bonds. The van der Waals surface area contributed by atoms with Crippen molar-refractivity contribution in [2.45, 2.75) is 24.0 Å². The predicted molar refractivity (Wildman–Crippen MR) is 134 cm³/mol. The van der Waals surface area contributed by atoms with Gasteiger partial charge in [0.05, 0.1) is 16.1 Å². The Kier molecular flexibility index (Phi) is 7.04. The van der Waals surface area contributed by atoms with Gasteiger partial charge in [-0.25, -0.2) is 27.4 Å². The predicted octanol–water partition coefficient (Wildman–Crippen LogP) is 2.82. The van der Waals surface area contributed by atoms with Crippen molar-refractivity contribution >= 4 is 15.9 Å². The van der Waals surface area contributed by atoms with Crippen LogP contribution >= 0.6 is 0 Å². The standard InChI is InChI=1S/C26H22F2N4O6S/c27-17-7-6-16(21(28)14-17)15-38-19-8-10-20(11-9-19)39(36,37)31-13-12-22-23(24(31)25(33)30-35)26(34)32(29-22)18-4-2-1-3-5-18/h1-11,14,24,29,35H,12-13,15H2,(H,30,33). The number of fused-ring (bicyclic) bond motifs is 1. The lowest BCUT2D eigenvalue weighted by Gasteiger charge is -2.32. The highest BCUT2D eigenvalue weighted by Gasteiger charge is 2.43. The lowest BCUT2D eigenvalue weighted by Crippen LogP contribution is -2.48. The number of hydroxylamine groups is 1. The summed E-state index contributed by atoms with van der Waals surface area (Å²) >= 11 is 0. The molecule has 0 spiro atoms. The summed E-state index contributed by atoms with van der Waals surface area (Å²) < 4.78 is 61.7. The van der Waals surface area contributed by atoms with Crippen LogP contribution in [0.5, 0.6) is 5.75 Å². The molecule has 0 aliphatic carbocycles. The number of aromatic nitrogens is 2. The number of ether oxygens (including phenoxy) is 1. The first-order chi connectivity index (χ1) is 18.7. The number of hydrogen-bond donors (Lipinski definition) is 3. The summed E-state index contributed by atoms with van der Waals surface area (Å²) in [5, 5.41) is 12.3. The average molecular weight is 557 g/mol. The summed E-state index contributed by atoms with van der Waals surface area (Å²) in [6.45, 7) is -0.364. The third-order valence-electron chi connectivity index (χ3n) is 6.36. The maximum Gasteiger partial charge on any atom is 0.276 e.